The average molecular weight is 897 g/mol. The Morgan fingerprint density at radius 1 is 0.537 bits per heavy atom. The number of nitrogens with zero attached hydrogens (tertiary/aromatic N) is 3. The Morgan fingerprint density at radius 2 is 1.24 bits per heavy atom. The fourth-order valence-electron chi connectivity index (χ4n) is 8.45. The van der Waals surface area contributed by atoms with E-state index in [4.69, 9.17) is 26.9 Å². The number of imidazole rings is 1. The summed E-state index contributed by atoms with van der Waals surface area (Å²) in [6, 6.07) is 28.9. The molecule has 0 saturated heterocycles. The molecule has 0 fully saturated rings. The highest BCUT2D eigenvalue weighted by molar-refractivity contribution is 5.98. The number of benzene rings is 7. The number of phenolic OH excluding ortho intramolecular Hbond substituents is 1. The summed E-state index contributed by atoms with van der Waals surface area (Å²) in [5, 5.41) is 12.1. The van der Waals surface area contributed by atoms with Crippen LogP contribution in [0.5, 0.6) is 5.75 Å². The number of fused-ring (bicyclic) bond motifs is 1. The van der Waals surface area contributed by atoms with Crippen LogP contribution in [0.15, 0.2) is 158 Å². The fourth-order valence-corrected chi connectivity index (χ4v) is 8.45. The molecule has 2 aromatic heterocycles. The third-order valence-electron chi connectivity index (χ3n) is 12.1. The van der Waals surface area contributed by atoms with Crippen LogP contribution in [0.2, 0.25) is 0 Å². The zero-order valence-electron chi connectivity index (χ0n) is 57.8. The van der Waals surface area contributed by atoms with Crippen LogP contribution in [0.3, 0.4) is 0 Å². The minimum atomic E-state index is -3.95. The van der Waals surface area contributed by atoms with Crippen molar-refractivity contribution >= 4 is 11.0 Å². The van der Waals surface area contributed by atoms with Gasteiger partial charge in [-0.05, 0) is 152 Å². The number of phenols is 1. The second-order valence-corrected chi connectivity index (χ2v) is 19.3. The lowest BCUT2D eigenvalue weighted by molar-refractivity contribution is 0.472. The minimum Gasteiger partial charge on any atom is -0.507 e. The number of hydrogen-bond acceptors (Lipinski definition) is 3. The van der Waals surface area contributed by atoms with Gasteiger partial charge in [0.1, 0.15) is 11.6 Å². The Bertz CT molecular complexity index is 4120. The van der Waals surface area contributed by atoms with E-state index in [0.717, 1.165) is 16.7 Å². The lowest BCUT2D eigenvalue weighted by atomic mass is 9.83. The summed E-state index contributed by atoms with van der Waals surface area (Å²) < 4.78 is 168. The lowest BCUT2D eigenvalue weighted by Gasteiger charge is -2.22. The van der Waals surface area contributed by atoms with Gasteiger partial charge in [-0.1, -0.05) is 165 Å². The second-order valence-electron chi connectivity index (χ2n) is 19.3. The molecule has 1 N–H and O–H groups in total. The molecule has 7 aromatic carbocycles. The molecule has 9 rings (SSSR count). The van der Waals surface area contributed by atoms with Gasteiger partial charge in [0.25, 0.3) is 0 Å². The van der Waals surface area contributed by atoms with Crippen molar-refractivity contribution in [1.29, 1.82) is 0 Å². The zero-order valence-corrected chi connectivity index (χ0v) is 38.8. The van der Waals surface area contributed by atoms with Crippen LogP contribution in [0.4, 0.5) is 0 Å². The molecule has 0 atom stereocenters. The van der Waals surface area contributed by atoms with E-state index in [9.17, 15) is 9.22 Å². The molecule has 0 aliphatic heterocycles. The van der Waals surface area contributed by atoms with E-state index < -0.39 is 97.4 Å². The van der Waals surface area contributed by atoms with Crippen LogP contribution in [0, 0.1) is 20.7 Å². The zero-order chi connectivity index (χ0) is 63.7. The third-order valence-corrected chi connectivity index (χ3v) is 12.1. The lowest BCUT2D eigenvalue weighted by Crippen LogP contribution is -2.11. The number of hydrogen-bond donors (Lipinski definition) is 1. The van der Waals surface area contributed by atoms with Gasteiger partial charge in [-0.25, -0.2) is 4.98 Å². The highest BCUT2D eigenvalue weighted by Gasteiger charge is 2.26. The quantitative estimate of drug-likeness (QED) is 0.173. The van der Waals surface area contributed by atoms with Gasteiger partial charge in [0, 0.05) is 39.3 Å². The van der Waals surface area contributed by atoms with Crippen molar-refractivity contribution < 1.29 is 31.2 Å². The van der Waals surface area contributed by atoms with Crippen LogP contribution in [-0.4, -0.2) is 19.6 Å². The van der Waals surface area contributed by atoms with E-state index in [0.29, 0.717) is 61.2 Å². The second kappa shape index (κ2) is 17.0. The minimum absolute atomic E-state index is 0.0602. The van der Waals surface area contributed by atoms with Gasteiger partial charge in [-0.2, -0.15) is 0 Å². The molecule has 0 unspecified atom stereocenters. The summed E-state index contributed by atoms with van der Waals surface area (Å²) in [6.45, 7) is 1.31. The molecule has 0 saturated carbocycles. The number of rotatable bonds is 7. The van der Waals surface area contributed by atoms with Gasteiger partial charge in [-0.15, -0.1) is 0 Å². The smallest absolute Gasteiger partial charge is 0.149 e. The molecule has 67 heavy (non-hydrogen) atoms. The van der Waals surface area contributed by atoms with Gasteiger partial charge in [0.05, 0.1) is 37.6 Å². The highest BCUT2D eigenvalue weighted by atomic mass is 16.3. The monoisotopic (exact) mass is 897 g/mol. The van der Waals surface area contributed by atoms with Crippen molar-refractivity contribution in [3.8, 4) is 78.6 Å². The van der Waals surface area contributed by atoms with Crippen molar-refractivity contribution in [2.45, 2.75) is 99.0 Å². The average Bonchev–Trinajstić information content (AvgIpc) is 0.857. The maximum Gasteiger partial charge on any atom is 0.149 e. The van der Waals surface area contributed by atoms with E-state index in [-0.39, 0.29) is 33.8 Å². The summed E-state index contributed by atoms with van der Waals surface area (Å²) in [7, 11) is 0. The van der Waals surface area contributed by atoms with Crippen LogP contribution >= 0.6 is 0 Å². The van der Waals surface area contributed by atoms with Crippen molar-refractivity contribution in [3.63, 3.8) is 0 Å². The molecule has 9 aromatic rings. The first-order chi connectivity index (χ1) is 39.6. The Morgan fingerprint density at radius 3 is 1.93 bits per heavy atom. The van der Waals surface area contributed by atoms with Gasteiger partial charge >= 0.3 is 0 Å². The third kappa shape index (κ3) is 8.86. The molecule has 0 amide bonds. The van der Waals surface area contributed by atoms with Crippen molar-refractivity contribution in [2.75, 3.05) is 0 Å². The normalized spacial score (nSPS) is 17.1. The molecular formula is C63H63N3O. The largest absolute Gasteiger partial charge is 0.507 e. The highest BCUT2D eigenvalue weighted by Crippen LogP contribution is 2.44. The number of aromatic hydroxyl groups is 1. The topological polar surface area (TPSA) is 50.9 Å². The SMILES string of the molecule is [2H]c1nc(-c2cc(-c3cccc4c3nc(-c3cc(C)cc(C)c3O)n4-c3cc(C([2H])([2H])[2H])c(-c4ccc(C(C)(C)C)cc4)cc3-c3ccccc3)cc(C(C)(C)C)c2)c([2H])c(-c2c([2H])c([2H])c(C(C([2H])([2H])[2H])(C([2H])([2H])[2H])C([2H])([2H])[2H])c([2H])c2[2H])c1[2H]. The van der Waals surface area contributed by atoms with E-state index in [1.54, 1.807) is 37.3 Å². The van der Waals surface area contributed by atoms with E-state index in [1.807, 2.05) is 117 Å². The predicted molar refractivity (Wildman–Crippen MR) is 283 cm³/mol. The first kappa shape index (κ1) is 27.6. The fraction of sp³-hybridized carbons (Fsp3) is 0.238. The van der Waals surface area contributed by atoms with Crippen LogP contribution < -0.4 is 0 Å². The van der Waals surface area contributed by atoms with Crippen LogP contribution in [-0.2, 0) is 16.2 Å². The molecule has 0 spiro atoms. The molecule has 4 heteroatoms. The Balaban J connectivity index is 1.35. The molecule has 0 bridgehead atoms. The van der Waals surface area contributed by atoms with Crippen molar-refractivity contribution in [2.24, 2.45) is 0 Å². The summed E-state index contributed by atoms with van der Waals surface area (Å²) in [5.74, 6) is 0.208. The van der Waals surface area contributed by atoms with Crippen molar-refractivity contribution in [3.05, 3.63) is 191 Å². The summed E-state index contributed by atoms with van der Waals surface area (Å²) >= 11 is 0. The van der Waals surface area contributed by atoms with Gasteiger partial charge in [0.15, 0.2) is 0 Å². The molecule has 2 heterocycles. The molecule has 336 valence electrons. The standard InChI is InChI=1S/C63H63N3O/c1-39-31-41(3)59(67)54(32-39)60-65-58-51(46-34-47(36-50(35-46)63(10,11)12)55-37-45(29-30-64-55)42-21-25-48(26-22-42)61(4,5)6)19-16-20-56(58)66(60)57-33-40(2)52(38-53(57)43-17-14-13-15-18-43)44-23-27-49(28-24-44)62(7,8)9/h13-38,67H,1-12H3/i2D3,4D3,5D3,6D3,21D,22D,25D,26D,29D,30D,37D. The van der Waals surface area contributed by atoms with E-state index >= 15 is 0 Å². The van der Waals surface area contributed by atoms with Gasteiger partial charge in [0.2, 0.25) is 0 Å². The van der Waals surface area contributed by atoms with E-state index in [2.05, 4.69) is 25.8 Å². The number of aromatic nitrogens is 3. The summed E-state index contributed by atoms with van der Waals surface area (Å²) in [6.07, 6.45) is -0.770. The molecule has 0 aliphatic rings. The first-order valence-corrected chi connectivity index (χ1v) is 22.1. The van der Waals surface area contributed by atoms with Gasteiger partial charge in [-0.3, -0.25) is 9.55 Å². The first-order valence-electron chi connectivity index (χ1n) is 31.6. The van der Waals surface area contributed by atoms with Gasteiger partial charge < -0.3 is 5.11 Å². The van der Waals surface area contributed by atoms with Crippen LogP contribution in [0.1, 0.15) is 122 Å². The van der Waals surface area contributed by atoms with E-state index in [1.165, 1.54) is 0 Å². The maximum absolute atomic E-state index is 12.1. The number of aryl methyl sites for hydroxylation is 3. The Labute approximate surface area is 424 Å². The summed E-state index contributed by atoms with van der Waals surface area (Å²) in [5.41, 5.74) is 0.767. The maximum atomic E-state index is 12.1. The molecule has 0 radical (unpaired) electrons. The summed E-state index contributed by atoms with van der Waals surface area (Å²) in [4.78, 5) is 9.79. The van der Waals surface area contributed by atoms with Crippen molar-refractivity contribution in [1.82, 2.24) is 14.5 Å². The molecular weight excluding hydrogens is 815 g/mol. The Kier molecular flexibility index (Phi) is 6.99. The molecule has 0 aliphatic carbocycles. The Hall–Kier alpha value is -7.04. The predicted octanol–water partition coefficient (Wildman–Crippen LogP) is 16.9. The number of para-hydroxylation sites is 1. The number of pyridine rings is 1. The van der Waals surface area contributed by atoms with Crippen LogP contribution in [0.25, 0.3) is 83.9 Å². The molecule has 4 nitrogen and oxygen atoms in total.